The van der Waals surface area contributed by atoms with E-state index >= 15 is 0 Å². The van der Waals surface area contributed by atoms with Crippen LogP contribution in [0, 0.1) is 0 Å². The molecule has 1 saturated heterocycles. The summed E-state index contributed by atoms with van der Waals surface area (Å²) in [6.07, 6.45) is 2.47. The molecule has 2 aliphatic rings. The Morgan fingerprint density at radius 2 is 2.12 bits per heavy atom. The van der Waals surface area contributed by atoms with Gasteiger partial charge in [0, 0.05) is 5.56 Å². The van der Waals surface area contributed by atoms with Crippen LogP contribution in [0.2, 0.25) is 0 Å². The van der Waals surface area contributed by atoms with E-state index < -0.39 is 0 Å². The zero-order chi connectivity index (χ0) is 11.5. The van der Waals surface area contributed by atoms with Crippen molar-refractivity contribution in [2.24, 2.45) is 4.99 Å². The summed E-state index contributed by atoms with van der Waals surface area (Å²) in [5, 5.41) is 3.41. The van der Waals surface area contributed by atoms with Crippen molar-refractivity contribution in [3.8, 4) is 0 Å². The number of piperidine rings is 1. The number of nitrogens with zero attached hydrogens (tertiary/aromatic N) is 1. The number of aliphatic imine (C=N–C) groups is 1. The van der Waals surface area contributed by atoms with Gasteiger partial charge in [0.05, 0.1) is 6.54 Å². The average molecular weight is 230 g/mol. The van der Waals surface area contributed by atoms with Crippen molar-refractivity contribution >= 4 is 5.90 Å². The number of nitrogens with one attached hydrogen (secondary N) is 1. The van der Waals surface area contributed by atoms with Crippen molar-refractivity contribution in [2.45, 2.75) is 18.8 Å². The molecule has 0 atom stereocenters. The van der Waals surface area contributed by atoms with Gasteiger partial charge in [-0.15, -0.1) is 0 Å². The van der Waals surface area contributed by atoms with E-state index in [4.69, 9.17) is 4.74 Å². The summed E-state index contributed by atoms with van der Waals surface area (Å²) in [6.45, 7) is 3.79. The maximum absolute atomic E-state index is 5.52. The summed E-state index contributed by atoms with van der Waals surface area (Å²) in [5.41, 5.74) is 2.57. The number of hydrogen-bond acceptors (Lipinski definition) is 3. The van der Waals surface area contributed by atoms with E-state index in [1.54, 1.807) is 0 Å². The zero-order valence-corrected chi connectivity index (χ0v) is 9.98. The lowest BCUT2D eigenvalue weighted by Gasteiger charge is -2.23. The molecule has 0 amide bonds. The minimum absolute atomic E-state index is 0.693. The fraction of sp³-hybridized carbons (Fsp3) is 0.500. The Hall–Kier alpha value is -1.35. The number of ether oxygens (including phenoxy) is 1. The second-order valence-corrected chi connectivity index (χ2v) is 4.69. The minimum atomic E-state index is 0.693. The molecule has 1 aromatic carbocycles. The first-order valence-corrected chi connectivity index (χ1v) is 6.42. The van der Waals surface area contributed by atoms with E-state index in [9.17, 15) is 0 Å². The summed E-state index contributed by atoms with van der Waals surface area (Å²) in [4.78, 5) is 4.37. The minimum Gasteiger partial charge on any atom is -0.476 e. The van der Waals surface area contributed by atoms with Crippen LogP contribution in [0.25, 0.3) is 0 Å². The number of benzene rings is 1. The van der Waals surface area contributed by atoms with Crippen molar-refractivity contribution in [1.82, 2.24) is 5.32 Å². The van der Waals surface area contributed by atoms with Gasteiger partial charge in [0.2, 0.25) is 5.90 Å². The zero-order valence-electron chi connectivity index (χ0n) is 9.98. The van der Waals surface area contributed by atoms with Crippen molar-refractivity contribution < 1.29 is 4.74 Å². The molecule has 1 N–H and O–H groups in total. The summed E-state index contributed by atoms with van der Waals surface area (Å²) in [7, 11) is 0. The summed E-state index contributed by atoms with van der Waals surface area (Å²) in [6, 6.07) is 8.70. The van der Waals surface area contributed by atoms with Gasteiger partial charge in [-0.1, -0.05) is 12.1 Å². The maximum Gasteiger partial charge on any atom is 0.216 e. The molecular formula is C14H18N2O. The molecule has 3 rings (SSSR count). The topological polar surface area (TPSA) is 33.6 Å². The lowest BCUT2D eigenvalue weighted by molar-refractivity contribution is 0.348. The van der Waals surface area contributed by atoms with Crippen LogP contribution in [0.15, 0.2) is 29.3 Å². The van der Waals surface area contributed by atoms with Crippen LogP contribution in [-0.4, -0.2) is 32.1 Å². The van der Waals surface area contributed by atoms with Gasteiger partial charge in [-0.2, -0.15) is 0 Å². The van der Waals surface area contributed by atoms with Gasteiger partial charge in [0.15, 0.2) is 0 Å². The van der Waals surface area contributed by atoms with Gasteiger partial charge in [0.25, 0.3) is 0 Å². The molecule has 0 aliphatic carbocycles. The molecule has 2 heterocycles. The molecule has 90 valence electrons. The predicted octanol–water partition coefficient (Wildman–Crippen LogP) is 1.93. The van der Waals surface area contributed by atoms with Crippen molar-refractivity contribution in [2.75, 3.05) is 26.2 Å². The van der Waals surface area contributed by atoms with Gasteiger partial charge in [-0.3, -0.25) is 0 Å². The first kappa shape index (κ1) is 10.8. The lowest BCUT2D eigenvalue weighted by atomic mass is 9.89. The summed E-state index contributed by atoms with van der Waals surface area (Å²) in [5.74, 6) is 1.51. The number of rotatable bonds is 2. The third-order valence-electron chi connectivity index (χ3n) is 3.53. The fourth-order valence-electron chi connectivity index (χ4n) is 2.59. The first-order chi connectivity index (χ1) is 8.43. The Kier molecular flexibility index (Phi) is 3.10. The molecule has 0 saturated carbocycles. The molecule has 2 aliphatic heterocycles. The van der Waals surface area contributed by atoms with Crippen molar-refractivity contribution in [3.63, 3.8) is 0 Å². The van der Waals surface area contributed by atoms with E-state index in [0.29, 0.717) is 5.92 Å². The van der Waals surface area contributed by atoms with Gasteiger partial charge in [-0.05, 0) is 49.5 Å². The quantitative estimate of drug-likeness (QED) is 0.842. The van der Waals surface area contributed by atoms with E-state index in [0.717, 1.165) is 37.7 Å². The molecule has 0 aromatic heterocycles. The molecule has 0 bridgehead atoms. The van der Waals surface area contributed by atoms with Crippen LogP contribution in [0.1, 0.15) is 29.9 Å². The molecule has 0 unspecified atom stereocenters. The summed E-state index contributed by atoms with van der Waals surface area (Å²) < 4.78 is 5.52. The van der Waals surface area contributed by atoms with Crippen LogP contribution in [0.3, 0.4) is 0 Å². The van der Waals surface area contributed by atoms with Crippen molar-refractivity contribution in [1.29, 1.82) is 0 Å². The second kappa shape index (κ2) is 4.88. The molecule has 3 heteroatoms. The second-order valence-electron chi connectivity index (χ2n) is 4.69. The first-order valence-electron chi connectivity index (χ1n) is 6.42. The lowest BCUT2D eigenvalue weighted by Crippen LogP contribution is -2.26. The molecule has 0 spiro atoms. The van der Waals surface area contributed by atoms with Gasteiger partial charge in [0.1, 0.15) is 6.61 Å². The van der Waals surface area contributed by atoms with Crippen molar-refractivity contribution in [3.05, 3.63) is 35.4 Å². The molecule has 1 aromatic rings. The largest absolute Gasteiger partial charge is 0.476 e. The summed E-state index contributed by atoms with van der Waals surface area (Å²) >= 11 is 0. The van der Waals surface area contributed by atoms with Gasteiger partial charge in [-0.25, -0.2) is 4.99 Å². The Bertz CT molecular complexity index is 422. The van der Waals surface area contributed by atoms with Crippen LogP contribution >= 0.6 is 0 Å². The van der Waals surface area contributed by atoms with E-state index in [1.165, 1.54) is 18.4 Å². The highest BCUT2D eigenvalue weighted by Crippen LogP contribution is 2.26. The van der Waals surface area contributed by atoms with Gasteiger partial charge < -0.3 is 10.1 Å². The van der Waals surface area contributed by atoms with E-state index in [-0.39, 0.29) is 0 Å². The van der Waals surface area contributed by atoms with E-state index in [2.05, 4.69) is 34.6 Å². The molecule has 3 nitrogen and oxygen atoms in total. The maximum atomic E-state index is 5.52. The smallest absolute Gasteiger partial charge is 0.216 e. The fourth-order valence-corrected chi connectivity index (χ4v) is 2.59. The molecular weight excluding hydrogens is 212 g/mol. The Morgan fingerprint density at radius 3 is 2.88 bits per heavy atom. The van der Waals surface area contributed by atoms with Gasteiger partial charge >= 0.3 is 0 Å². The predicted molar refractivity (Wildman–Crippen MR) is 68.6 cm³/mol. The Labute approximate surface area is 102 Å². The van der Waals surface area contributed by atoms with Crippen LogP contribution < -0.4 is 5.32 Å². The highest BCUT2D eigenvalue weighted by atomic mass is 16.5. The van der Waals surface area contributed by atoms with Crippen LogP contribution in [0.5, 0.6) is 0 Å². The Balaban J connectivity index is 1.82. The third kappa shape index (κ3) is 2.34. The highest BCUT2D eigenvalue weighted by Gasteiger charge is 2.17. The Morgan fingerprint density at radius 1 is 1.24 bits per heavy atom. The normalized spacial score (nSPS) is 21.1. The monoisotopic (exact) mass is 230 g/mol. The van der Waals surface area contributed by atoms with Crippen LogP contribution in [-0.2, 0) is 4.74 Å². The number of hydrogen-bond donors (Lipinski definition) is 1. The molecule has 17 heavy (non-hydrogen) atoms. The SMILES string of the molecule is c1cc(C2=NCCO2)cc(C2CCNCC2)c1. The molecule has 0 radical (unpaired) electrons. The van der Waals surface area contributed by atoms with E-state index in [1.807, 2.05) is 0 Å². The third-order valence-corrected chi connectivity index (χ3v) is 3.53. The standard InChI is InChI=1S/C14H18N2O/c1-2-12(11-4-6-15-7-5-11)10-13(3-1)14-16-8-9-17-14/h1-3,10-11,15H,4-9H2. The molecule has 1 fully saturated rings. The van der Waals surface area contributed by atoms with Crippen LogP contribution in [0.4, 0.5) is 0 Å². The highest BCUT2D eigenvalue weighted by molar-refractivity contribution is 5.95. The average Bonchev–Trinajstić information content (AvgIpc) is 2.94.